The zero-order valence-electron chi connectivity index (χ0n) is 43.0. The summed E-state index contributed by atoms with van der Waals surface area (Å²) in [6.07, 6.45) is -0.767. The van der Waals surface area contributed by atoms with E-state index >= 15 is 0 Å². The molecule has 27 heteroatoms. The van der Waals surface area contributed by atoms with Gasteiger partial charge >= 0.3 is 5.97 Å². The average molecular weight is 1060 g/mol. The van der Waals surface area contributed by atoms with E-state index in [0.29, 0.717) is 12.0 Å². The smallest absolute Gasteiger partial charge is 0.326 e. The molecule has 0 unspecified atom stereocenters. The van der Waals surface area contributed by atoms with Crippen LogP contribution >= 0.6 is 0 Å². The molecule has 27 nitrogen and oxygen atoms in total. The molecule has 75 heavy (non-hydrogen) atoms. The number of aliphatic carboxylic acids is 1. The molecule has 0 aliphatic heterocycles. The molecular weight excluding hydrogens is 979 g/mol. The fourth-order valence-electron chi connectivity index (χ4n) is 7.51. The maximum Gasteiger partial charge on any atom is 0.326 e. The molecule has 0 saturated heterocycles. The van der Waals surface area contributed by atoms with Crippen molar-refractivity contribution in [2.75, 3.05) is 26.2 Å². The fourth-order valence-corrected chi connectivity index (χ4v) is 7.51. The Morgan fingerprint density at radius 3 is 1.67 bits per heavy atom. The van der Waals surface area contributed by atoms with Crippen molar-refractivity contribution in [1.82, 2.24) is 47.9 Å². The van der Waals surface area contributed by atoms with Gasteiger partial charge < -0.3 is 86.7 Å². The van der Waals surface area contributed by atoms with Gasteiger partial charge in [0, 0.05) is 13.0 Å². The minimum Gasteiger partial charge on any atom is -0.480 e. The number of primary amides is 1. The Hall–Kier alpha value is -7.49. The molecule has 0 bridgehead atoms. The van der Waals surface area contributed by atoms with Gasteiger partial charge in [-0.05, 0) is 80.3 Å². The second kappa shape index (κ2) is 32.0. The molecule has 22 N–H and O–H groups in total. The SMILES string of the molecule is CC(C)C[C@H](N)C(=O)N[C@@H](Cc1ccc2ccccc2c1)C(=O)N[C@@H](CC(N)=O)C(=O)N[C@@H](CO)C(=O)N[C@H](C(=O)N[C@@H](CCN)C(=O)N[C@@H](CCCNC(=N)N)C(=O)N[C@@H](C)C(=O)N[C@@H](CCN)C(=O)O)C(C)C. The van der Waals surface area contributed by atoms with E-state index in [2.05, 4.69) is 47.9 Å². The van der Waals surface area contributed by atoms with Crippen LogP contribution in [0.1, 0.15) is 78.7 Å². The van der Waals surface area contributed by atoms with Crippen molar-refractivity contribution in [2.45, 2.75) is 134 Å². The lowest BCUT2D eigenvalue weighted by atomic mass is 9.99. The van der Waals surface area contributed by atoms with E-state index in [4.69, 9.17) is 34.1 Å². The van der Waals surface area contributed by atoms with Gasteiger partial charge in [0.25, 0.3) is 0 Å². The van der Waals surface area contributed by atoms with Crippen LogP contribution in [0.4, 0.5) is 0 Å². The molecule has 0 aliphatic carbocycles. The number of nitrogens with two attached hydrogens (primary N) is 5. The second-order valence-corrected chi connectivity index (χ2v) is 18.8. The Bertz CT molecular complexity index is 2320. The molecule has 9 atom stereocenters. The van der Waals surface area contributed by atoms with Crippen molar-refractivity contribution in [1.29, 1.82) is 5.41 Å². The van der Waals surface area contributed by atoms with Crippen LogP contribution < -0.4 is 76.5 Å². The normalized spacial score (nSPS) is 14.8. The summed E-state index contributed by atoms with van der Waals surface area (Å²) in [4.78, 5) is 133. The predicted molar refractivity (Wildman–Crippen MR) is 276 cm³/mol. The maximum atomic E-state index is 14.0. The summed E-state index contributed by atoms with van der Waals surface area (Å²) in [7, 11) is 0. The number of carboxylic acids is 1. The third kappa shape index (κ3) is 22.3. The van der Waals surface area contributed by atoms with E-state index < -0.39 is 132 Å². The highest BCUT2D eigenvalue weighted by Crippen LogP contribution is 2.17. The summed E-state index contributed by atoms with van der Waals surface area (Å²) in [5, 5.41) is 51.0. The lowest BCUT2D eigenvalue weighted by Crippen LogP contribution is -2.62. The maximum absolute atomic E-state index is 14.0. The summed E-state index contributed by atoms with van der Waals surface area (Å²) in [5.74, 6) is -10.8. The molecule has 0 fully saturated rings. The first-order chi connectivity index (χ1) is 35.3. The Morgan fingerprint density at radius 2 is 1.09 bits per heavy atom. The summed E-state index contributed by atoms with van der Waals surface area (Å²) in [5.41, 5.74) is 28.9. The zero-order valence-corrected chi connectivity index (χ0v) is 43.0. The van der Waals surface area contributed by atoms with Gasteiger partial charge in [-0.25, -0.2) is 4.79 Å². The van der Waals surface area contributed by atoms with Crippen LogP contribution in [0.3, 0.4) is 0 Å². The number of aliphatic hydroxyl groups is 1. The first kappa shape index (κ1) is 63.6. The molecular formula is C48H77N15O12. The van der Waals surface area contributed by atoms with Crippen LogP contribution in [0.15, 0.2) is 42.5 Å². The molecule has 2 aromatic rings. The number of carboxylic acid groups (broad SMARTS) is 1. The molecule has 0 spiro atoms. The van der Waals surface area contributed by atoms with E-state index in [1.807, 2.05) is 50.2 Å². The van der Waals surface area contributed by atoms with Crippen molar-refractivity contribution in [3.63, 3.8) is 0 Å². The number of amides is 9. The molecule has 2 rings (SSSR count). The average Bonchev–Trinajstić information content (AvgIpc) is 3.33. The van der Waals surface area contributed by atoms with Gasteiger partial charge in [0.05, 0.1) is 19.1 Å². The van der Waals surface area contributed by atoms with Crippen molar-refractivity contribution in [3.8, 4) is 0 Å². The molecule has 0 aromatic heterocycles. The zero-order chi connectivity index (χ0) is 56.5. The van der Waals surface area contributed by atoms with Crippen molar-refractivity contribution in [2.24, 2.45) is 40.5 Å². The number of fused-ring (bicyclic) bond motifs is 1. The highest BCUT2D eigenvalue weighted by molar-refractivity contribution is 5.99. The quantitative estimate of drug-likeness (QED) is 0.0181. The van der Waals surface area contributed by atoms with E-state index in [9.17, 15) is 58.2 Å². The number of carbonyl (C=O) groups is 10. The summed E-state index contributed by atoms with van der Waals surface area (Å²) >= 11 is 0. The molecule has 2 aromatic carbocycles. The lowest BCUT2D eigenvalue weighted by Gasteiger charge is -2.28. The standard InChI is InChI=1S/C48H77N15O12/c1-24(2)19-30(51)40(67)60-34(21-27-12-13-28-9-6-7-10-29(28)20-27)43(70)61-35(22-37(52)65)44(71)62-36(23-64)45(72)63-38(25(3)4)46(73)58-32(14-16-49)42(69)57-31(11-8-18-55-48(53)54)41(68)56-26(5)39(66)59-33(15-17-50)47(74)75/h6-7,9-10,12-13,20,24-26,30-36,38,64H,8,11,14-19,21-23,49-51H2,1-5H3,(H2,52,65)(H,56,68)(H,57,69)(H,58,73)(H,59,66)(H,60,67)(H,61,70)(H,62,71)(H,63,72)(H,74,75)(H4,53,54,55)/t26-,30-,31-,32-,33-,34-,35-,36-,38-/m0/s1. The second-order valence-electron chi connectivity index (χ2n) is 18.8. The number of aliphatic hydroxyl groups excluding tert-OH is 1. The van der Waals surface area contributed by atoms with Gasteiger partial charge in [0.15, 0.2) is 5.96 Å². The van der Waals surface area contributed by atoms with Crippen LogP contribution in [-0.4, -0.2) is 156 Å². The monoisotopic (exact) mass is 1060 g/mol. The number of nitrogens with one attached hydrogen (secondary N) is 10. The number of rotatable bonds is 33. The molecule has 9 amide bonds. The minimum atomic E-state index is -1.79. The van der Waals surface area contributed by atoms with E-state index in [0.717, 1.165) is 10.8 Å². The topological polar surface area (TPSA) is 473 Å². The summed E-state index contributed by atoms with van der Waals surface area (Å²) in [6.45, 7) is 6.93. The number of benzene rings is 2. The molecule has 416 valence electrons. The first-order valence-electron chi connectivity index (χ1n) is 24.6. The molecule has 0 saturated carbocycles. The van der Waals surface area contributed by atoms with Crippen LogP contribution in [0, 0.1) is 17.2 Å². The number of hydrogen-bond acceptors (Lipinski definition) is 15. The van der Waals surface area contributed by atoms with Crippen molar-refractivity contribution in [3.05, 3.63) is 48.0 Å². The first-order valence-corrected chi connectivity index (χ1v) is 24.6. The fraction of sp³-hybridized carbons (Fsp3) is 0.562. The Morgan fingerprint density at radius 1 is 0.587 bits per heavy atom. The minimum absolute atomic E-state index is 0.0358. The summed E-state index contributed by atoms with van der Waals surface area (Å²) < 4.78 is 0. The highest BCUT2D eigenvalue weighted by atomic mass is 16.4. The predicted octanol–water partition coefficient (Wildman–Crippen LogP) is -4.78. The van der Waals surface area contributed by atoms with Crippen LogP contribution in [0.2, 0.25) is 0 Å². The van der Waals surface area contributed by atoms with Gasteiger partial charge in [0.2, 0.25) is 53.2 Å². The van der Waals surface area contributed by atoms with Gasteiger partial charge in [-0.2, -0.15) is 0 Å². The molecule has 0 aliphatic rings. The third-order valence-electron chi connectivity index (χ3n) is 11.6. The Kier molecular flexibility index (Phi) is 27.1. The van der Waals surface area contributed by atoms with Crippen molar-refractivity contribution >= 4 is 75.9 Å². The van der Waals surface area contributed by atoms with Crippen molar-refractivity contribution < 1.29 is 58.2 Å². The Labute approximate surface area is 435 Å². The van der Waals surface area contributed by atoms with E-state index in [1.54, 1.807) is 6.07 Å². The van der Waals surface area contributed by atoms with E-state index in [1.165, 1.54) is 20.8 Å². The van der Waals surface area contributed by atoms with Gasteiger partial charge in [-0.15, -0.1) is 0 Å². The van der Waals surface area contributed by atoms with Crippen LogP contribution in [0.25, 0.3) is 10.8 Å². The van der Waals surface area contributed by atoms with E-state index in [-0.39, 0.29) is 63.6 Å². The molecule has 0 radical (unpaired) electrons. The highest BCUT2D eigenvalue weighted by Gasteiger charge is 2.36. The Balaban J connectivity index is 2.30. The van der Waals surface area contributed by atoms with Crippen LogP contribution in [0.5, 0.6) is 0 Å². The van der Waals surface area contributed by atoms with Gasteiger partial charge in [0.1, 0.15) is 48.3 Å². The third-order valence-corrected chi connectivity index (χ3v) is 11.6. The number of guanidine groups is 1. The van der Waals surface area contributed by atoms with Gasteiger partial charge in [-0.3, -0.25) is 48.6 Å². The largest absolute Gasteiger partial charge is 0.480 e. The van der Waals surface area contributed by atoms with Crippen LogP contribution in [-0.2, 0) is 54.4 Å². The van der Waals surface area contributed by atoms with Gasteiger partial charge in [-0.1, -0.05) is 70.2 Å². The lowest BCUT2D eigenvalue weighted by molar-refractivity contribution is -0.142. The number of hydrogen-bond donors (Lipinski definition) is 17. The molecule has 0 heterocycles. The summed E-state index contributed by atoms with van der Waals surface area (Å²) in [6, 6.07) is 0.174. The number of carbonyl (C=O) groups excluding carboxylic acids is 9.